The number of aromatic nitrogens is 2. The molecule has 5 N–H and O–H groups in total. The number of carbonyl (C=O) groups is 2. The molecule has 8 nitrogen and oxygen atoms in total. The standard InChI is InChI=1S/C13H22N6O2/c1-4-16-11-5-12(18-13(17-11)8(2)3)19(6-9(14)20)7-10(15)21/h5,8H,4,6-7H2,1-3H3,(H2,14,20)(H2,15,21)(H,16,17,18). The molecule has 0 radical (unpaired) electrons. The molecule has 0 aliphatic heterocycles. The lowest BCUT2D eigenvalue weighted by atomic mass is 10.2. The molecule has 21 heavy (non-hydrogen) atoms. The number of rotatable bonds is 8. The van der Waals surface area contributed by atoms with Gasteiger partial charge in [0.1, 0.15) is 17.5 Å². The minimum atomic E-state index is -0.564. The molecule has 1 heterocycles. The van der Waals surface area contributed by atoms with Crippen molar-refractivity contribution in [3.63, 3.8) is 0 Å². The van der Waals surface area contributed by atoms with Crippen molar-refractivity contribution >= 4 is 23.5 Å². The SMILES string of the molecule is CCNc1cc(N(CC(N)=O)CC(N)=O)nc(C(C)C)n1. The highest BCUT2D eigenvalue weighted by Crippen LogP contribution is 2.19. The summed E-state index contributed by atoms with van der Waals surface area (Å²) in [6.07, 6.45) is 0. The molecular weight excluding hydrogens is 272 g/mol. The summed E-state index contributed by atoms with van der Waals surface area (Å²) in [6, 6.07) is 1.67. The summed E-state index contributed by atoms with van der Waals surface area (Å²) in [7, 11) is 0. The van der Waals surface area contributed by atoms with E-state index in [1.165, 1.54) is 4.90 Å². The fraction of sp³-hybridized carbons (Fsp3) is 0.538. The number of primary amides is 2. The second-order valence-corrected chi connectivity index (χ2v) is 4.94. The smallest absolute Gasteiger partial charge is 0.237 e. The van der Waals surface area contributed by atoms with Crippen molar-refractivity contribution in [2.75, 3.05) is 29.9 Å². The Labute approximate surface area is 123 Å². The number of nitrogens with one attached hydrogen (secondary N) is 1. The van der Waals surface area contributed by atoms with Gasteiger partial charge in [-0.05, 0) is 6.92 Å². The molecule has 1 rings (SSSR count). The molecule has 116 valence electrons. The highest BCUT2D eigenvalue weighted by atomic mass is 16.2. The summed E-state index contributed by atoms with van der Waals surface area (Å²) in [5.41, 5.74) is 10.4. The predicted molar refractivity (Wildman–Crippen MR) is 80.9 cm³/mol. The molecule has 0 saturated carbocycles. The zero-order chi connectivity index (χ0) is 16.0. The first kappa shape index (κ1) is 16.7. The molecule has 0 spiro atoms. The van der Waals surface area contributed by atoms with E-state index >= 15 is 0 Å². The van der Waals surface area contributed by atoms with Crippen molar-refractivity contribution in [1.29, 1.82) is 0 Å². The van der Waals surface area contributed by atoms with Gasteiger partial charge >= 0.3 is 0 Å². The van der Waals surface area contributed by atoms with Crippen LogP contribution >= 0.6 is 0 Å². The summed E-state index contributed by atoms with van der Waals surface area (Å²) < 4.78 is 0. The van der Waals surface area contributed by atoms with E-state index in [0.29, 0.717) is 24.0 Å². The van der Waals surface area contributed by atoms with E-state index in [1.807, 2.05) is 20.8 Å². The number of hydrogen-bond acceptors (Lipinski definition) is 6. The zero-order valence-electron chi connectivity index (χ0n) is 12.6. The Balaban J connectivity index is 3.20. The normalized spacial score (nSPS) is 10.5. The Kier molecular flexibility index (Phi) is 5.89. The van der Waals surface area contributed by atoms with Gasteiger partial charge in [-0.2, -0.15) is 0 Å². The first-order valence-electron chi connectivity index (χ1n) is 6.77. The van der Waals surface area contributed by atoms with Crippen LogP contribution in [0.2, 0.25) is 0 Å². The Bertz CT molecular complexity index is 501. The third-order valence-corrected chi connectivity index (χ3v) is 2.62. The summed E-state index contributed by atoms with van der Waals surface area (Å²) >= 11 is 0. The fourth-order valence-corrected chi connectivity index (χ4v) is 1.74. The van der Waals surface area contributed by atoms with Gasteiger partial charge in [0.15, 0.2) is 0 Å². The highest BCUT2D eigenvalue weighted by molar-refractivity contribution is 5.84. The van der Waals surface area contributed by atoms with Crippen LogP contribution in [0.1, 0.15) is 32.5 Å². The molecule has 1 aromatic rings. The molecule has 0 aliphatic carbocycles. The van der Waals surface area contributed by atoms with Gasteiger partial charge in [0.25, 0.3) is 0 Å². The summed E-state index contributed by atoms with van der Waals surface area (Å²) in [4.78, 5) is 32.5. The summed E-state index contributed by atoms with van der Waals surface area (Å²) in [6.45, 7) is 6.29. The lowest BCUT2D eigenvalue weighted by Crippen LogP contribution is -2.40. The van der Waals surface area contributed by atoms with Crippen molar-refractivity contribution in [2.45, 2.75) is 26.7 Å². The number of carbonyl (C=O) groups excluding carboxylic acids is 2. The maximum absolute atomic E-state index is 11.2. The molecule has 0 atom stereocenters. The van der Waals surface area contributed by atoms with Gasteiger partial charge in [-0.25, -0.2) is 9.97 Å². The van der Waals surface area contributed by atoms with E-state index in [-0.39, 0.29) is 19.0 Å². The van der Waals surface area contributed by atoms with Crippen molar-refractivity contribution in [3.8, 4) is 0 Å². The molecule has 0 unspecified atom stereocenters. The fourth-order valence-electron chi connectivity index (χ4n) is 1.74. The summed E-state index contributed by atoms with van der Waals surface area (Å²) in [5.74, 6) is 0.665. The Hall–Kier alpha value is -2.38. The van der Waals surface area contributed by atoms with Crippen LogP contribution in [-0.2, 0) is 9.59 Å². The third-order valence-electron chi connectivity index (χ3n) is 2.62. The Morgan fingerprint density at radius 1 is 1.24 bits per heavy atom. The van der Waals surface area contributed by atoms with E-state index in [2.05, 4.69) is 15.3 Å². The first-order valence-corrected chi connectivity index (χ1v) is 6.77. The van der Waals surface area contributed by atoms with Crippen molar-refractivity contribution < 1.29 is 9.59 Å². The second kappa shape index (κ2) is 7.41. The Morgan fingerprint density at radius 3 is 2.24 bits per heavy atom. The van der Waals surface area contributed by atoms with E-state index in [4.69, 9.17) is 11.5 Å². The van der Waals surface area contributed by atoms with Crippen LogP contribution in [-0.4, -0.2) is 41.4 Å². The number of hydrogen-bond donors (Lipinski definition) is 3. The van der Waals surface area contributed by atoms with E-state index in [1.54, 1.807) is 6.07 Å². The minimum absolute atomic E-state index is 0.103. The van der Waals surface area contributed by atoms with Gasteiger partial charge in [-0.3, -0.25) is 9.59 Å². The molecule has 0 fully saturated rings. The van der Waals surface area contributed by atoms with E-state index in [0.717, 1.165) is 0 Å². The van der Waals surface area contributed by atoms with Gasteiger partial charge in [-0.15, -0.1) is 0 Å². The van der Waals surface area contributed by atoms with Crippen LogP contribution in [0.3, 0.4) is 0 Å². The Morgan fingerprint density at radius 2 is 1.81 bits per heavy atom. The van der Waals surface area contributed by atoms with Crippen LogP contribution in [0.4, 0.5) is 11.6 Å². The predicted octanol–water partition coefficient (Wildman–Crippen LogP) is -0.191. The van der Waals surface area contributed by atoms with Crippen LogP contribution in [0.15, 0.2) is 6.07 Å². The van der Waals surface area contributed by atoms with E-state index < -0.39 is 11.8 Å². The van der Waals surface area contributed by atoms with Crippen LogP contribution in [0, 0.1) is 0 Å². The van der Waals surface area contributed by atoms with Crippen LogP contribution < -0.4 is 21.7 Å². The van der Waals surface area contributed by atoms with Crippen molar-refractivity contribution in [3.05, 3.63) is 11.9 Å². The number of nitrogens with zero attached hydrogens (tertiary/aromatic N) is 3. The number of nitrogens with two attached hydrogens (primary N) is 2. The topological polar surface area (TPSA) is 127 Å². The lowest BCUT2D eigenvalue weighted by Gasteiger charge is -2.22. The molecule has 0 aromatic carbocycles. The molecule has 0 aliphatic rings. The van der Waals surface area contributed by atoms with Crippen molar-refractivity contribution in [2.24, 2.45) is 11.5 Å². The average molecular weight is 294 g/mol. The van der Waals surface area contributed by atoms with E-state index in [9.17, 15) is 9.59 Å². The zero-order valence-corrected chi connectivity index (χ0v) is 12.6. The maximum Gasteiger partial charge on any atom is 0.237 e. The van der Waals surface area contributed by atoms with Crippen LogP contribution in [0.25, 0.3) is 0 Å². The molecule has 1 aromatic heterocycles. The van der Waals surface area contributed by atoms with Gasteiger partial charge < -0.3 is 21.7 Å². The number of amides is 2. The van der Waals surface area contributed by atoms with Gasteiger partial charge in [0, 0.05) is 18.5 Å². The monoisotopic (exact) mass is 294 g/mol. The van der Waals surface area contributed by atoms with Gasteiger partial charge in [0.2, 0.25) is 11.8 Å². The lowest BCUT2D eigenvalue weighted by molar-refractivity contribution is -0.117. The largest absolute Gasteiger partial charge is 0.370 e. The summed E-state index contributed by atoms with van der Waals surface area (Å²) in [5, 5.41) is 3.09. The quantitative estimate of drug-likeness (QED) is 0.609. The molecule has 2 amide bonds. The van der Waals surface area contributed by atoms with Gasteiger partial charge in [0.05, 0.1) is 13.1 Å². The minimum Gasteiger partial charge on any atom is -0.370 e. The molecular formula is C13H22N6O2. The van der Waals surface area contributed by atoms with Gasteiger partial charge in [-0.1, -0.05) is 13.8 Å². The molecule has 0 saturated heterocycles. The van der Waals surface area contributed by atoms with Crippen LogP contribution in [0.5, 0.6) is 0 Å². The first-order chi connectivity index (χ1) is 9.83. The maximum atomic E-state index is 11.2. The van der Waals surface area contributed by atoms with Crippen molar-refractivity contribution in [1.82, 2.24) is 9.97 Å². The second-order valence-electron chi connectivity index (χ2n) is 4.94. The third kappa shape index (κ3) is 5.25. The highest BCUT2D eigenvalue weighted by Gasteiger charge is 2.17. The average Bonchev–Trinajstić information content (AvgIpc) is 2.36. The molecule has 8 heteroatoms. The number of anilines is 2. The molecule has 0 bridgehead atoms.